The van der Waals surface area contributed by atoms with Crippen molar-refractivity contribution < 1.29 is 9.59 Å². The van der Waals surface area contributed by atoms with Crippen LogP contribution in [0.1, 0.15) is 11.4 Å². The first-order valence-corrected chi connectivity index (χ1v) is 7.57. The lowest BCUT2D eigenvalue weighted by Gasteiger charge is -2.18. The van der Waals surface area contributed by atoms with E-state index in [1.807, 2.05) is 24.3 Å². The van der Waals surface area contributed by atoms with Crippen LogP contribution < -0.4 is 0 Å². The van der Waals surface area contributed by atoms with Crippen molar-refractivity contribution in [2.75, 3.05) is 27.7 Å². The number of nitrogens with zero attached hydrogens (tertiary/aromatic N) is 3. The highest BCUT2D eigenvalue weighted by Gasteiger charge is 2.14. The molecule has 0 saturated heterocycles. The van der Waals surface area contributed by atoms with Crippen LogP contribution in [0.3, 0.4) is 0 Å². The van der Waals surface area contributed by atoms with Gasteiger partial charge in [-0.1, -0.05) is 12.1 Å². The average Bonchev–Trinajstić information content (AvgIpc) is 2.87. The molecular formula is C15H19N3O2S. The quantitative estimate of drug-likeness (QED) is 0.846. The zero-order valence-electron chi connectivity index (χ0n) is 12.5. The number of aryl methyl sites for hydroxylation is 1. The van der Waals surface area contributed by atoms with Crippen LogP contribution in [0.15, 0.2) is 24.3 Å². The Bertz CT molecular complexity index is 618. The minimum Gasteiger partial charge on any atom is -0.347 e. The molecule has 2 aromatic rings. The number of para-hydroxylation sites is 1. The summed E-state index contributed by atoms with van der Waals surface area (Å²) in [6, 6.07) is 7.94. The fourth-order valence-corrected chi connectivity index (χ4v) is 2.83. The van der Waals surface area contributed by atoms with E-state index in [0.717, 1.165) is 15.2 Å². The molecule has 1 aromatic carbocycles. The van der Waals surface area contributed by atoms with Crippen molar-refractivity contribution in [3.63, 3.8) is 0 Å². The van der Waals surface area contributed by atoms with Crippen LogP contribution in [0.5, 0.6) is 0 Å². The van der Waals surface area contributed by atoms with E-state index in [9.17, 15) is 9.59 Å². The molecule has 0 saturated carbocycles. The van der Waals surface area contributed by atoms with E-state index < -0.39 is 0 Å². The molecule has 0 fully saturated rings. The summed E-state index contributed by atoms with van der Waals surface area (Å²) in [5.41, 5.74) is 0.973. The molecule has 0 N–H and O–H groups in total. The molecule has 5 nitrogen and oxygen atoms in total. The number of likely N-dealkylation sites (N-methyl/N-ethyl adjacent to an activating group) is 2. The number of hydrogen-bond acceptors (Lipinski definition) is 4. The van der Waals surface area contributed by atoms with Gasteiger partial charge in [-0.05, 0) is 12.1 Å². The first kappa shape index (κ1) is 15.4. The van der Waals surface area contributed by atoms with E-state index in [0.29, 0.717) is 12.8 Å². The molecule has 0 aliphatic carbocycles. The van der Waals surface area contributed by atoms with E-state index in [-0.39, 0.29) is 18.4 Å². The normalized spacial score (nSPS) is 10.6. The Labute approximate surface area is 128 Å². The van der Waals surface area contributed by atoms with E-state index in [1.54, 1.807) is 32.5 Å². The Kier molecular flexibility index (Phi) is 4.90. The molecule has 0 radical (unpaired) electrons. The molecule has 0 aliphatic heterocycles. The van der Waals surface area contributed by atoms with Gasteiger partial charge in [0.1, 0.15) is 0 Å². The van der Waals surface area contributed by atoms with Crippen LogP contribution >= 0.6 is 11.3 Å². The first-order chi connectivity index (χ1) is 9.97. The lowest BCUT2D eigenvalue weighted by molar-refractivity contribution is -0.137. The van der Waals surface area contributed by atoms with Crippen molar-refractivity contribution in [3.8, 4) is 0 Å². The third-order valence-corrected chi connectivity index (χ3v) is 4.28. The van der Waals surface area contributed by atoms with Gasteiger partial charge in [-0.3, -0.25) is 9.59 Å². The van der Waals surface area contributed by atoms with Gasteiger partial charge in [0.15, 0.2) is 0 Å². The van der Waals surface area contributed by atoms with E-state index >= 15 is 0 Å². The van der Waals surface area contributed by atoms with Gasteiger partial charge in [-0.15, -0.1) is 11.3 Å². The van der Waals surface area contributed by atoms with Gasteiger partial charge in [0.05, 0.1) is 21.8 Å². The van der Waals surface area contributed by atoms with Gasteiger partial charge in [-0.2, -0.15) is 0 Å². The van der Waals surface area contributed by atoms with Crippen molar-refractivity contribution in [2.45, 2.75) is 12.8 Å². The number of aromatic nitrogens is 1. The molecule has 112 valence electrons. The topological polar surface area (TPSA) is 53.5 Å². The Morgan fingerprint density at radius 1 is 1.14 bits per heavy atom. The van der Waals surface area contributed by atoms with Crippen LogP contribution in [0.2, 0.25) is 0 Å². The van der Waals surface area contributed by atoms with Gasteiger partial charge < -0.3 is 9.80 Å². The zero-order valence-corrected chi connectivity index (χ0v) is 13.3. The summed E-state index contributed by atoms with van der Waals surface area (Å²) in [6.07, 6.45) is 0.982. The highest BCUT2D eigenvalue weighted by atomic mass is 32.1. The molecular weight excluding hydrogens is 286 g/mol. The molecule has 6 heteroatoms. The summed E-state index contributed by atoms with van der Waals surface area (Å²) in [7, 11) is 5.02. The number of hydrogen-bond donors (Lipinski definition) is 0. The number of carbonyl (C=O) groups is 2. The summed E-state index contributed by atoms with van der Waals surface area (Å²) in [6.45, 7) is 0.117. The van der Waals surface area contributed by atoms with Crippen molar-refractivity contribution in [1.82, 2.24) is 14.8 Å². The Morgan fingerprint density at radius 3 is 2.52 bits per heavy atom. The maximum Gasteiger partial charge on any atom is 0.241 e. The van der Waals surface area contributed by atoms with Crippen molar-refractivity contribution >= 4 is 33.4 Å². The van der Waals surface area contributed by atoms with E-state index in [1.165, 1.54) is 9.80 Å². The van der Waals surface area contributed by atoms with Crippen molar-refractivity contribution in [3.05, 3.63) is 29.3 Å². The van der Waals surface area contributed by atoms with Crippen LogP contribution in [0.25, 0.3) is 10.2 Å². The second kappa shape index (κ2) is 6.67. The summed E-state index contributed by atoms with van der Waals surface area (Å²) in [5, 5.41) is 0.955. The fourth-order valence-electron chi connectivity index (χ4n) is 1.86. The van der Waals surface area contributed by atoms with E-state index in [4.69, 9.17) is 0 Å². The number of thiazole rings is 1. The largest absolute Gasteiger partial charge is 0.347 e. The van der Waals surface area contributed by atoms with Crippen LogP contribution in [-0.4, -0.2) is 54.3 Å². The van der Waals surface area contributed by atoms with Crippen molar-refractivity contribution in [2.24, 2.45) is 0 Å². The van der Waals surface area contributed by atoms with Crippen LogP contribution in [0.4, 0.5) is 0 Å². The predicted octanol–water partition coefficient (Wildman–Crippen LogP) is 1.78. The molecule has 0 aliphatic rings. The van der Waals surface area contributed by atoms with E-state index in [2.05, 4.69) is 4.98 Å². The third kappa shape index (κ3) is 4.01. The Hall–Kier alpha value is -1.95. The van der Waals surface area contributed by atoms with Gasteiger partial charge in [0.2, 0.25) is 11.8 Å². The number of rotatable bonds is 5. The number of benzene rings is 1. The van der Waals surface area contributed by atoms with Crippen LogP contribution in [-0.2, 0) is 16.0 Å². The zero-order chi connectivity index (χ0) is 15.4. The molecule has 0 spiro atoms. The molecule has 0 bridgehead atoms. The lowest BCUT2D eigenvalue weighted by Crippen LogP contribution is -2.37. The van der Waals surface area contributed by atoms with Gasteiger partial charge >= 0.3 is 0 Å². The monoisotopic (exact) mass is 305 g/mol. The molecule has 0 unspecified atom stereocenters. The Balaban J connectivity index is 1.90. The minimum absolute atomic E-state index is 0.0375. The molecule has 1 aromatic heterocycles. The fraction of sp³-hybridized carbons (Fsp3) is 0.400. The number of carbonyl (C=O) groups excluding carboxylic acids is 2. The maximum absolute atomic E-state index is 12.0. The number of fused-ring (bicyclic) bond motifs is 1. The molecule has 21 heavy (non-hydrogen) atoms. The molecule has 2 rings (SSSR count). The third-order valence-electron chi connectivity index (χ3n) is 3.19. The highest BCUT2D eigenvalue weighted by molar-refractivity contribution is 7.18. The summed E-state index contributed by atoms with van der Waals surface area (Å²) in [5.74, 6) is -0.115. The molecule has 1 heterocycles. The second-order valence-corrected chi connectivity index (χ2v) is 6.23. The lowest BCUT2D eigenvalue weighted by atomic mass is 10.3. The number of amides is 2. The summed E-state index contributed by atoms with van der Waals surface area (Å²) in [4.78, 5) is 31.0. The van der Waals surface area contributed by atoms with Gasteiger partial charge in [0, 0.05) is 34.0 Å². The summed E-state index contributed by atoms with van der Waals surface area (Å²) >= 11 is 1.61. The second-order valence-electron chi connectivity index (χ2n) is 5.11. The average molecular weight is 305 g/mol. The standard InChI is InChI=1S/C15H19N3O2S/c1-17(2)15(20)10-18(3)14(19)9-8-13-16-11-6-4-5-7-12(11)21-13/h4-7H,8-10H2,1-3H3. The van der Waals surface area contributed by atoms with Gasteiger partial charge in [-0.25, -0.2) is 4.98 Å². The van der Waals surface area contributed by atoms with Crippen LogP contribution in [0, 0.1) is 0 Å². The highest BCUT2D eigenvalue weighted by Crippen LogP contribution is 2.22. The minimum atomic E-state index is -0.0779. The predicted molar refractivity (Wildman–Crippen MR) is 84.3 cm³/mol. The van der Waals surface area contributed by atoms with Crippen molar-refractivity contribution in [1.29, 1.82) is 0 Å². The Morgan fingerprint density at radius 2 is 1.86 bits per heavy atom. The molecule has 2 amide bonds. The first-order valence-electron chi connectivity index (χ1n) is 6.76. The maximum atomic E-state index is 12.0. The molecule has 0 atom stereocenters. The smallest absolute Gasteiger partial charge is 0.241 e. The summed E-state index contributed by atoms with van der Waals surface area (Å²) < 4.78 is 1.14. The SMILES string of the molecule is CN(C)C(=O)CN(C)C(=O)CCc1nc2ccccc2s1. The van der Waals surface area contributed by atoms with Gasteiger partial charge in [0.25, 0.3) is 0 Å².